The smallest absolute Gasteiger partial charge is 0.324 e. The Morgan fingerprint density at radius 1 is 1.27 bits per heavy atom. The Labute approximate surface area is 92.8 Å². The summed E-state index contributed by atoms with van der Waals surface area (Å²) < 4.78 is 4.87. The molecule has 0 rings (SSSR count). The van der Waals surface area contributed by atoms with E-state index in [1.165, 1.54) is 0 Å². The molecule has 0 spiro atoms. The van der Waals surface area contributed by atoms with Crippen molar-refractivity contribution >= 4 is 5.97 Å². The summed E-state index contributed by atoms with van der Waals surface area (Å²) in [7, 11) is 0. The summed E-state index contributed by atoms with van der Waals surface area (Å²) in [6, 6.07) is -0.511. The third kappa shape index (κ3) is 6.47. The maximum absolute atomic E-state index is 11.3. The Hall–Kier alpha value is -0.610. The van der Waals surface area contributed by atoms with Crippen LogP contribution >= 0.6 is 0 Å². The molecule has 0 bridgehead atoms. The average molecular weight is 216 g/mol. The van der Waals surface area contributed by atoms with Gasteiger partial charge in [0.25, 0.3) is 0 Å². The molecule has 4 nitrogen and oxygen atoms in total. The van der Waals surface area contributed by atoms with E-state index < -0.39 is 6.04 Å². The van der Waals surface area contributed by atoms with E-state index >= 15 is 0 Å². The van der Waals surface area contributed by atoms with Gasteiger partial charge in [-0.3, -0.25) is 4.79 Å². The zero-order chi connectivity index (χ0) is 11.7. The van der Waals surface area contributed by atoms with Crippen molar-refractivity contribution in [1.29, 1.82) is 0 Å². The minimum absolute atomic E-state index is 0.297. The van der Waals surface area contributed by atoms with Gasteiger partial charge in [0.2, 0.25) is 0 Å². The van der Waals surface area contributed by atoms with E-state index in [-0.39, 0.29) is 5.97 Å². The van der Waals surface area contributed by atoms with Gasteiger partial charge >= 0.3 is 5.97 Å². The molecular formula is C11H24N2O2. The highest BCUT2D eigenvalue weighted by Gasteiger charge is 2.17. The second kappa shape index (κ2) is 8.68. The minimum Gasteiger partial charge on any atom is -0.465 e. The molecule has 90 valence electrons. The molecule has 0 heterocycles. The van der Waals surface area contributed by atoms with Gasteiger partial charge in [-0.2, -0.15) is 0 Å². The Bertz CT molecular complexity index is 168. The number of esters is 1. The monoisotopic (exact) mass is 216 g/mol. The number of hydrogen-bond acceptors (Lipinski definition) is 4. The fraction of sp³-hybridized carbons (Fsp3) is 0.909. The molecule has 15 heavy (non-hydrogen) atoms. The van der Waals surface area contributed by atoms with Crippen molar-refractivity contribution < 1.29 is 9.53 Å². The third-order valence-electron chi connectivity index (χ3n) is 2.12. The lowest BCUT2D eigenvalue weighted by atomic mass is 10.2. The average Bonchev–Trinajstić information content (AvgIpc) is 2.18. The molecule has 0 saturated carbocycles. The summed E-state index contributed by atoms with van der Waals surface area (Å²) in [4.78, 5) is 13.5. The normalized spacial score (nSPS) is 12.9. The lowest BCUT2D eigenvalue weighted by Crippen LogP contribution is -2.44. The first-order valence-electron chi connectivity index (χ1n) is 5.80. The highest BCUT2D eigenvalue weighted by molar-refractivity contribution is 5.75. The lowest BCUT2D eigenvalue weighted by molar-refractivity contribution is -0.145. The van der Waals surface area contributed by atoms with Gasteiger partial charge in [-0.05, 0) is 32.9 Å². The summed E-state index contributed by atoms with van der Waals surface area (Å²) in [5.41, 5.74) is 5.75. The summed E-state index contributed by atoms with van der Waals surface area (Å²) in [5, 5.41) is 0. The number of ether oxygens (including phenoxy) is 1. The second-order valence-corrected chi connectivity index (χ2v) is 3.66. The molecular weight excluding hydrogens is 192 g/mol. The highest BCUT2D eigenvalue weighted by Crippen LogP contribution is 1.97. The van der Waals surface area contributed by atoms with Crippen LogP contribution in [0.4, 0.5) is 0 Å². The number of rotatable bonds is 8. The summed E-state index contributed by atoms with van der Waals surface area (Å²) >= 11 is 0. The number of carbonyl (C=O) groups is 1. The number of nitrogens with zero attached hydrogens (tertiary/aromatic N) is 1. The molecule has 0 amide bonds. The number of hydrogen-bond donors (Lipinski definition) is 1. The molecule has 2 N–H and O–H groups in total. The molecule has 1 atom stereocenters. The van der Waals surface area contributed by atoms with Crippen molar-refractivity contribution in [3.63, 3.8) is 0 Å². The van der Waals surface area contributed by atoms with Gasteiger partial charge in [0.1, 0.15) is 6.04 Å². The Morgan fingerprint density at radius 2 is 1.80 bits per heavy atom. The SMILES string of the molecule is CCCN(CCC)CC(N)C(=O)OCC. The van der Waals surface area contributed by atoms with Crippen LogP contribution in [0.15, 0.2) is 0 Å². The van der Waals surface area contributed by atoms with Gasteiger partial charge < -0.3 is 15.4 Å². The van der Waals surface area contributed by atoms with Crippen LogP contribution in [0.5, 0.6) is 0 Å². The molecule has 0 aromatic heterocycles. The first kappa shape index (κ1) is 14.4. The van der Waals surface area contributed by atoms with Crippen LogP contribution in [0.25, 0.3) is 0 Å². The van der Waals surface area contributed by atoms with Crippen LogP contribution in [0.3, 0.4) is 0 Å². The summed E-state index contributed by atoms with van der Waals surface area (Å²) in [5.74, 6) is -0.297. The maximum atomic E-state index is 11.3. The zero-order valence-electron chi connectivity index (χ0n) is 10.2. The van der Waals surface area contributed by atoms with Crippen molar-refractivity contribution in [2.24, 2.45) is 5.73 Å². The van der Waals surface area contributed by atoms with E-state index in [1.807, 2.05) is 0 Å². The van der Waals surface area contributed by atoms with Crippen LogP contribution in [0.2, 0.25) is 0 Å². The van der Waals surface area contributed by atoms with Gasteiger partial charge in [-0.1, -0.05) is 13.8 Å². The molecule has 1 unspecified atom stereocenters. The van der Waals surface area contributed by atoms with Crippen LogP contribution in [0.1, 0.15) is 33.6 Å². The first-order chi connectivity index (χ1) is 7.15. The zero-order valence-corrected chi connectivity index (χ0v) is 10.2. The summed E-state index contributed by atoms with van der Waals surface area (Å²) in [6.07, 6.45) is 2.16. The molecule has 0 radical (unpaired) electrons. The van der Waals surface area contributed by atoms with Crippen molar-refractivity contribution in [3.8, 4) is 0 Å². The van der Waals surface area contributed by atoms with E-state index in [1.54, 1.807) is 6.92 Å². The van der Waals surface area contributed by atoms with Crippen LogP contribution in [-0.2, 0) is 9.53 Å². The van der Waals surface area contributed by atoms with Crippen molar-refractivity contribution in [1.82, 2.24) is 4.90 Å². The fourth-order valence-corrected chi connectivity index (χ4v) is 1.53. The van der Waals surface area contributed by atoms with E-state index in [2.05, 4.69) is 18.7 Å². The van der Waals surface area contributed by atoms with Crippen molar-refractivity contribution in [3.05, 3.63) is 0 Å². The van der Waals surface area contributed by atoms with E-state index in [9.17, 15) is 4.79 Å². The van der Waals surface area contributed by atoms with Crippen molar-refractivity contribution in [2.45, 2.75) is 39.7 Å². The molecule has 0 saturated heterocycles. The third-order valence-corrected chi connectivity index (χ3v) is 2.12. The molecule has 0 aliphatic heterocycles. The maximum Gasteiger partial charge on any atom is 0.324 e. The molecule has 0 aliphatic carbocycles. The van der Waals surface area contributed by atoms with Gasteiger partial charge in [0.15, 0.2) is 0 Å². The van der Waals surface area contributed by atoms with Crippen LogP contribution in [0, 0.1) is 0 Å². The predicted molar refractivity (Wildman–Crippen MR) is 61.6 cm³/mol. The minimum atomic E-state index is -0.511. The molecule has 0 fully saturated rings. The highest BCUT2D eigenvalue weighted by atomic mass is 16.5. The Balaban J connectivity index is 3.96. The standard InChI is InChI=1S/C11H24N2O2/c1-4-7-13(8-5-2)9-10(12)11(14)15-6-3/h10H,4-9,12H2,1-3H3. The van der Waals surface area contributed by atoms with E-state index in [0.717, 1.165) is 25.9 Å². The summed E-state index contributed by atoms with van der Waals surface area (Å²) in [6.45, 7) is 9.01. The number of nitrogens with two attached hydrogens (primary N) is 1. The first-order valence-corrected chi connectivity index (χ1v) is 5.80. The van der Waals surface area contributed by atoms with E-state index in [4.69, 9.17) is 10.5 Å². The molecule has 4 heteroatoms. The van der Waals surface area contributed by atoms with Gasteiger partial charge in [0, 0.05) is 6.54 Å². The molecule has 0 aromatic rings. The lowest BCUT2D eigenvalue weighted by Gasteiger charge is -2.23. The Morgan fingerprint density at radius 3 is 2.20 bits per heavy atom. The van der Waals surface area contributed by atoms with Gasteiger partial charge in [0.05, 0.1) is 6.61 Å². The van der Waals surface area contributed by atoms with E-state index in [0.29, 0.717) is 13.2 Å². The number of carbonyl (C=O) groups excluding carboxylic acids is 1. The van der Waals surface area contributed by atoms with Gasteiger partial charge in [-0.25, -0.2) is 0 Å². The molecule has 0 aliphatic rings. The molecule has 0 aromatic carbocycles. The quantitative estimate of drug-likeness (QED) is 0.615. The topological polar surface area (TPSA) is 55.6 Å². The fourth-order valence-electron chi connectivity index (χ4n) is 1.53. The van der Waals surface area contributed by atoms with Crippen LogP contribution in [-0.4, -0.2) is 43.2 Å². The van der Waals surface area contributed by atoms with Gasteiger partial charge in [-0.15, -0.1) is 0 Å². The van der Waals surface area contributed by atoms with Crippen LogP contribution < -0.4 is 5.73 Å². The Kier molecular flexibility index (Phi) is 8.33. The second-order valence-electron chi connectivity index (χ2n) is 3.66. The largest absolute Gasteiger partial charge is 0.465 e. The predicted octanol–water partition coefficient (Wildman–Crippen LogP) is 0.999. The van der Waals surface area contributed by atoms with Crippen molar-refractivity contribution in [2.75, 3.05) is 26.2 Å².